The van der Waals surface area contributed by atoms with E-state index in [1.165, 1.54) is 0 Å². The van der Waals surface area contributed by atoms with Crippen LogP contribution < -0.4 is 5.32 Å². The first kappa shape index (κ1) is 20.4. The van der Waals surface area contributed by atoms with Crippen molar-refractivity contribution in [1.82, 2.24) is 14.8 Å². The fourth-order valence-electron chi connectivity index (χ4n) is 4.19. The van der Waals surface area contributed by atoms with Gasteiger partial charge in [-0.15, -0.1) is 0 Å². The van der Waals surface area contributed by atoms with Crippen LogP contribution in [0.5, 0.6) is 0 Å². The minimum absolute atomic E-state index is 0.0146. The third kappa shape index (κ3) is 3.69. The number of anilines is 1. The van der Waals surface area contributed by atoms with E-state index in [2.05, 4.69) is 10.4 Å². The molecule has 1 aliphatic heterocycles. The van der Waals surface area contributed by atoms with E-state index in [-0.39, 0.29) is 23.5 Å². The Morgan fingerprint density at radius 1 is 1.19 bits per heavy atom. The van der Waals surface area contributed by atoms with Crippen LogP contribution in [0, 0.1) is 13.8 Å². The molecule has 1 aromatic carbocycles. The van der Waals surface area contributed by atoms with E-state index in [0.717, 1.165) is 5.56 Å². The summed E-state index contributed by atoms with van der Waals surface area (Å²) in [5, 5.41) is 8.16. The zero-order chi connectivity index (χ0) is 22.5. The monoisotopic (exact) mass is 450 g/mol. The van der Waals surface area contributed by atoms with Crippen molar-refractivity contribution < 1.29 is 17.6 Å². The van der Waals surface area contributed by atoms with Gasteiger partial charge >= 0.3 is 0 Å². The molecule has 1 fully saturated rings. The number of aryl methyl sites for hydroxylation is 2. The lowest BCUT2D eigenvalue weighted by Crippen LogP contribution is -2.15. The number of nitrogens with zero attached hydrogens (tertiary/aromatic N) is 3. The van der Waals surface area contributed by atoms with Crippen molar-refractivity contribution >= 4 is 32.5 Å². The smallest absolute Gasteiger partial charge is 0.256 e. The van der Waals surface area contributed by atoms with Crippen LogP contribution in [-0.2, 0) is 9.84 Å². The molecule has 3 aromatic heterocycles. The van der Waals surface area contributed by atoms with Crippen LogP contribution >= 0.6 is 0 Å². The van der Waals surface area contributed by atoms with Crippen LogP contribution in [0.2, 0.25) is 0 Å². The summed E-state index contributed by atoms with van der Waals surface area (Å²) in [5.74, 6) is 0.357. The third-order valence-electron chi connectivity index (χ3n) is 5.69. The van der Waals surface area contributed by atoms with Crippen LogP contribution in [0.4, 0.5) is 5.69 Å². The van der Waals surface area contributed by atoms with Crippen LogP contribution in [0.1, 0.15) is 34.1 Å². The molecule has 4 heterocycles. The number of nitrogens with one attached hydrogen (secondary N) is 1. The number of fused-ring (bicyclic) bond motifs is 1. The molecular formula is C23H22N4O4S. The highest BCUT2D eigenvalue weighted by atomic mass is 32.2. The van der Waals surface area contributed by atoms with Gasteiger partial charge in [0, 0.05) is 5.69 Å². The van der Waals surface area contributed by atoms with Crippen molar-refractivity contribution in [2.24, 2.45) is 0 Å². The highest BCUT2D eigenvalue weighted by Crippen LogP contribution is 2.32. The minimum atomic E-state index is -3.11. The normalized spacial score (nSPS) is 17.6. The maximum atomic E-state index is 13.3. The van der Waals surface area contributed by atoms with Crippen LogP contribution in [0.3, 0.4) is 0 Å². The Hall–Kier alpha value is -3.46. The number of aromatic nitrogens is 3. The molecule has 5 rings (SSSR count). The van der Waals surface area contributed by atoms with E-state index in [0.29, 0.717) is 45.9 Å². The van der Waals surface area contributed by atoms with Gasteiger partial charge in [-0.05, 0) is 56.2 Å². The van der Waals surface area contributed by atoms with Crippen molar-refractivity contribution in [3.8, 4) is 11.5 Å². The molecule has 0 aliphatic carbocycles. The highest BCUT2D eigenvalue weighted by Gasteiger charge is 2.32. The standard InChI is InChI=1S/C23H22N4O4S/c1-14-5-3-6-16(11-14)24-23(28)18-12-19(20-7-4-9-31-20)25-22-21(18)15(2)26-27(22)17-8-10-32(29,30)13-17/h3-7,9,11-12,17H,8,10,13H2,1-2H3,(H,24,28)/t17-/m1/s1. The molecule has 1 aliphatic rings. The largest absolute Gasteiger partial charge is 0.463 e. The molecule has 8 nitrogen and oxygen atoms in total. The summed E-state index contributed by atoms with van der Waals surface area (Å²) >= 11 is 0. The quantitative estimate of drug-likeness (QED) is 0.505. The first-order valence-electron chi connectivity index (χ1n) is 10.3. The van der Waals surface area contributed by atoms with E-state index in [1.807, 2.05) is 31.2 Å². The van der Waals surface area contributed by atoms with E-state index in [4.69, 9.17) is 9.40 Å². The van der Waals surface area contributed by atoms with Crippen LogP contribution in [0.15, 0.2) is 53.1 Å². The molecule has 9 heteroatoms. The molecule has 32 heavy (non-hydrogen) atoms. The lowest BCUT2D eigenvalue weighted by molar-refractivity contribution is 0.102. The van der Waals surface area contributed by atoms with Crippen molar-refractivity contribution in [2.45, 2.75) is 26.3 Å². The summed E-state index contributed by atoms with van der Waals surface area (Å²) in [4.78, 5) is 18.1. The molecule has 1 N–H and O–H groups in total. The summed E-state index contributed by atoms with van der Waals surface area (Å²) in [6.45, 7) is 3.76. The van der Waals surface area contributed by atoms with Crippen molar-refractivity contribution in [3.05, 3.63) is 65.5 Å². The molecule has 1 amide bonds. The lowest BCUT2D eigenvalue weighted by Gasteiger charge is -2.12. The number of sulfone groups is 1. The van der Waals surface area contributed by atoms with E-state index >= 15 is 0 Å². The van der Waals surface area contributed by atoms with Crippen LogP contribution in [0.25, 0.3) is 22.5 Å². The van der Waals surface area contributed by atoms with Crippen molar-refractivity contribution in [3.63, 3.8) is 0 Å². The number of carbonyl (C=O) groups excluding carboxylic acids is 1. The number of hydrogen-bond donors (Lipinski definition) is 1. The summed E-state index contributed by atoms with van der Waals surface area (Å²) in [6, 6.07) is 12.5. The van der Waals surface area contributed by atoms with Gasteiger partial charge in [-0.1, -0.05) is 12.1 Å². The molecule has 0 unspecified atom stereocenters. The first-order valence-corrected chi connectivity index (χ1v) is 12.1. The summed E-state index contributed by atoms with van der Waals surface area (Å²) in [5.41, 5.74) is 3.72. The summed E-state index contributed by atoms with van der Waals surface area (Å²) in [7, 11) is -3.11. The highest BCUT2D eigenvalue weighted by molar-refractivity contribution is 7.91. The molecule has 0 bridgehead atoms. The molecule has 1 atom stereocenters. The van der Waals surface area contributed by atoms with E-state index in [9.17, 15) is 13.2 Å². The fourth-order valence-corrected chi connectivity index (χ4v) is 5.88. The van der Waals surface area contributed by atoms with Gasteiger partial charge in [0.1, 0.15) is 5.69 Å². The maximum absolute atomic E-state index is 13.3. The van der Waals surface area contributed by atoms with Gasteiger partial charge in [0.2, 0.25) is 0 Å². The van der Waals surface area contributed by atoms with E-state index in [1.54, 1.807) is 36.1 Å². The zero-order valence-electron chi connectivity index (χ0n) is 17.7. The van der Waals surface area contributed by atoms with Gasteiger partial charge in [-0.25, -0.2) is 18.1 Å². The Morgan fingerprint density at radius 2 is 2.03 bits per heavy atom. The van der Waals surface area contributed by atoms with Crippen LogP contribution in [-0.4, -0.2) is 40.6 Å². The second-order valence-corrected chi connectivity index (χ2v) is 10.4. The molecule has 4 aromatic rings. The number of hydrogen-bond acceptors (Lipinski definition) is 6. The molecule has 0 saturated carbocycles. The Labute approximate surface area is 185 Å². The minimum Gasteiger partial charge on any atom is -0.463 e. The average Bonchev–Trinajstić information content (AvgIpc) is 3.47. The third-order valence-corrected chi connectivity index (χ3v) is 7.44. The second kappa shape index (κ2) is 7.59. The Balaban J connectivity index is 1.67. The van der Waals surface area contributed by atoms with Gasteiger partial charge in [0.15, 0.2) is 21.2 Å². The molecule has 1 saturated heterocycles. The SMILES string of the molecule is Cc1cccc(NC(=O)c2cc(-c3ccco3)nc3c2c(C)nn3[C@@H]2CCS(=O)(=O)C2)c1. The molecule has 0 radical (unpaired) electrons. The Kier molecular flexibility index (Phi) is 4.85. The van der Waals surface area contributed by atoms with Gasteiger partial charge in [0.25, 0.3) is 5.91 Å². The fraction of sp³-hybridized carbons (Fsp3) is 0.261. The van der Waals surface area contributed by atoms with Gasteiger partial charge in [-0.2, -0.15) is 5.10 Å². The predicted octanol–water partition coefficient (Wildman–Crippen LogP) is 3.92. The van der Waals surface area contributed by atoms with Gasteiger partial charge < -0.3 is 9.73 Å². The van der Waals surface area contributed by atoms with Gasteiger partial charge in [0.05, 0.1) is 40.5 Å². The number of carbonyl (C=O) groups is 1. The Bertz CT molecular complexity index is 1440. The van der Waals surface area contributed by atoms with Crippen molar-refractivity contribution in [2.75, 3.05) is 16.8 Å². The maximum Gasteiger partial charge on any atom is 0.256 e. The zero-order valence-corrected chi connectivity index (χ0v) is 18.5. The second-order valence-electron chi connectivity index (χ2n) is 8.14. The Morgan fingerprint density at radius 3 is 2.72 bits per heavy atom. The first-order chi connectivity index (χ1) is 15.3. The summed E-state index contributed by atoms with van der Waals surface area (Å²) < 4.78 is 31.3. The summed E-state index contributed by atoms with van der Waals surface area (Å²) in [6.07, 6.45) is 2.01. The number of amides is 1. The number of furan rings is 1. The number of rotatable bonds is 4. The lowest BCUT2D eigenvalue weighted by atomic mass is 10.1. The average molecular weight is 451 g/mol. The molecular weight excluding hydrogens is 428 g/mol. The van der Waals surface area contributed by atoms with Crippen molar-refractivity contribution in [1.29, 1.82) is 0 Å². The van der Waals surface area contributed by atoms with Gasteiger partial charge in [-0.3, -0.25) is 4.79 Å². The van der Waals surface area contributed by atoms with E-state index < -0.39 is 9.84 Å². The molecule has 0 spiro atoms. The molecule has 164 valence electrons. The number of benzene rings is 1. The topological polar surface area (TPSA) is 107 Å². The predicted molar refractivity (Wildman–Crippen MR) is 121 cm³/mol. The number of pyridine rings is 1.